The topological polar surface area (TPSA) is 28.2 Å². The predicted octanol–water partition coefficient (Wildman–Crippen LogP) is 3.45. The van der Waals surface area contributed by atoms with Crippen molar-refractivity contribution in [3.05, 3.63) is 29.6 Å². The van der Waals surface area contributed by atoms with Crippen molar-refractivity contribution in [2.45, 2.75) is 59.7 Å². The molecule has 118 valence electrons. The summed E-state index contributed by atoms with van der Waals surface area (Å²) >= 11 is 0. The fourth-order valence-electron chi connectivity index (χ4n) is 3.03. The van der Waals surface area contributed by atoms with Crippen LogP contribution in [0.15, 0.2) is 18.2 Å². The molecule has 1 N–H and O–H groups in total. The quantitative estimate of drug-likeness (QED) is 0.869. The summed E-state index contributed by atoms with van der Waals surface area (Å²) in [6.07, 6.45) is 2.68. The van der Waals surface area contributed by atoms with Gasteiger partial charge in [-0.25, -0.2) is 0 Å². The third-order valence-electron chi connectivity index (χ3n) is 4.52. The number of hydrogen-bond acceptors (Lipinski definition) is 3. The number of nitrogens with zero attached hydrogens (tertiary/aromatic N) is 2. The minimum absolute atomic E-state index is 0.505. The van der Waals surface area contributed by atoms with Crippen LogP contribution in [0.1, 0.15) is 51.9 Å². The Morgan fingerprint density at radius 2 is 1.81 bits per heavy atom. The maximum absolute atomic E-state index is 4.79. The molecule has 0 radical (unpaired) electrons. The maximum atomic E-state index is 4.79. The Morgan fingerprint density at radius 1 is 1.14 bits per heavy atom. The van der Waals surface area contributed by atoms with E-state index in [4.69, 9.17) is 4.98 Å². The highest BCUT2D eigenvalue weighted by Gasteiger charge is 2.21. The Balaban J connectivity index is 1.84. The maximum Gasteiger partial charge on any atom is 0.0547 e. The van der Waals surface area contributed by atoms with Crippen molar-refractivity contribution in [1.29, 1.82) is 0 Å². The monoisotopic (exact) mass is 289 g/mol. The van der Waals surface area contributed by atoms with Crippen LogP contribution in [0.5, 0.6) is 0 Å². The van der Waals surface area contributed by atoms with Crippen LogP contribution in [0.25, 0.3) is 0 Å². The van der Waals surface area contributed by atoms with Gasteiger partial charge in [0.05, 0.1) is 11.4 Å². The molecule has 0 aromatic carbocycles. The number of pyridine rings is 1. The van der Waals surface area contributed by atoms with E-state index in [1.54, 1.807) is 0 Å². The average molecular weight is 289 g/mol. The van der Waals surface area contributed by atoms with Gasteiger partial charge in [-0.15, -0.1) is 0 Å². The smallest absolute Gasteiger partial charge is 0.0547 e. The third-order valence-corrected chi connectivity index (χ3v) is 4.52. The van der Waals surface area contributed by atoms with Crippen LogP contribution in [-0.2, 0) is 13.1 Å². The largest absolute Gasteiger partial charge is 0.309 e. The van der Waals surface area contributed by atoms with E-state index in [0.717, 1.165) is 30.6 Å². The zero-order valence-electron chi connectivity index (χ0n) is 14.1. The second kappa shape index (κ2) is 7.90. The first-order valence-electron chi connectivity index (χ1n) is 8.45. The first-order chi connectivity index (χ1) is 10.0. The van der Waals surface area contributed by atoms with E-state index in [0.29, 0.717) is 6.04 Å². The molecule has 1 saturated heterocycles. The molecule has 1 aliphatic heterocycles. The zero-order valence-corrected chi connectivity index (χ0v) is 14.1. The van der Waals surface area contributed by atoms with E-state index in [9.17, 15) is 0 Å². The molecular weight excluding hydrogens is 258 g/mol. The Hall–Kier alpha value is -0.930. The summed E-state index contributed by atoms with van der Waals surface area (Å²) in [5.41, 5.74) is 2.36. The fraction of sp³-hybridized carbons (Fsp3) is 0.722. The number of piperidine rings is 1. The average Bonchev–Trinajstić information content (AvgIpc) is 2.46. The minimum Gasteiger partial charge on any atom is -0.309 e. The molecule has 1 aliphatic rings. The Labute approximate surface area is 130 Å². The Bertz CT molecular complexity index is 420. The third kappa shape index (κ3) is 5.40. The van der Waals surface area contributed by atoms with Gasteiger partial charge >= 0.3 is 0 Å². The molecule has 0 unspecified atom stereocenters. The van der Waals surface area contributed by atoms with Gasteiger partial charge in [-0.1, -0.05) is 33.8 Å². The van der Waals surface area contributed by atoms with Gasteiger partial charge in [0.25, 0.3) is 0 Å². The second-order valence-electron chi connectivity index (χ2n) is 7.01. The van der Waals surface area contributed by atoms with E-state index in [-0.39, 0.29) is 0 Å². The van der Waals surface area contributed by atoms with E-state index >= 15 is 0 Å². The first kappa shape index (κ1) is 16.4. The summed E-state index contributed by atoms with van der Waals surface area (Å²) in [7, 11) is 0. The van der Waals surface area contributed by atoms with Gasteiger partial charge in [0, 0.05) is 19.1 Å². The molecule has 1 aromatic rings. The highest BCUT2D eigenvalue weighted by atomic mass is 15.1. The van der Waals surface area contributed by atoms with Crippen molar-refractivity contribution >= 4 is 0 Å². The fourth-order valence-corrected chi connectivity index (χ4v) is 3.03. The van der Waals surface area contributed by atoms with Crippen LogP contribution in [-0.4, -0.2) is 29.0 Å². The van der Waals surface area contributed by atoms with Crippen LogP contribution in [0, 0.1) is 11.8 Å². The van der Waals surface area contributed by atoms with Crippen molar-refractivity contribution in [3.8, 4) is 0 Å². The molecule has 3 heteroatoms. The number of rotatable bonds is 6. The predicted molar refractivity (Wildman–Crippen MR) is 89.1 cm³/mol. The summed E-state index contributed by atoms with van der Waals surface area (Å²) in [5, 5.41) is 3.43. The summed E-state index contributed by atoms with van der Waals surface area (Å²) < 4.78 is 0. The first-order valence-corrected chi connectivity index (χ1v) is 8.45. The van der Waals surface area contributed by atoms with Crippen LogP contribution >= 0.6 is 0 Å². The number of aromatic nitrogens is 1. The zero-order chi connectivity index (χ0) is 15.2. The number of likely N-dealkylation sites (tertiary alicyclic amines) is 1. The normalized spacial score (nSPS) is 17.8. The second-order valence-corrected chi connectivity index (χ2v) is 7.01. The SMILES string of the molecule is CC(C)NCc1cccc(CN2CCC(C(C)C)CC2)n1. The molecule has 0 aliphatic carbocycles. The van der Waals surface area contributed by atoms with Gasteiger partial charge in [-0.3, -0.25) is 9.88 Å². The Morgan fingerprint density at radius 3 is 2.43 bits per heavy atom. The van der Waals surface area contributed by atoms with Crippen molar-refractivity contribution < 1.29 is 0 Å². The van der Waals surface area contributed by atoms with Crippen molar-refractivity contribution in [1.82, 2.24) is 15.2 Å². The lowest BCUT2D eigenvalue weighted by Gasteiger charge is -2.33. The number of hydrogen-bond donors (Lipinski definition) is 1. The molecule has 0 atom stereocenters. The molecule has 2 rings (SSSR count). The van der Waals surface area contributed by atoms with Crippen molar-refractivity contribution in [3.63, 3.8) is 0 Å². The highest BCUT2D eigenvalue weighted by molar-refractivity contribution is 5.11. The van der Waals surface area contributed by atoms with Gasteiger partial charge in [0.1, 0.15) is 0 Å². The lowest BCUT2D eigenvalue weighted by Crippen LogP contribution is -2.35. The summed E-state index contributed by atoms with van der Waals surface area (Å²) in [6, 6.07) is 6.92. The highest BCUT2D eigenvalue weighted by Crippen LogP contribution is 2.25. The minimum atomic E-state index is 0.505. The lowest BCUT2D eigenvalue weighted by atomic mass is 9.87. The summed E-state index contributed by atoms with van der Waals surface area (Å²) in [5.74, 6) is 1.74. The summed E-state index contributed by atoms with van der Waals surface area (Å²) in [4.78, 5) is 7.35. The van der Waals surface area contributed by atoms with Crippen LogP contribution in [0.4, 0.5) is 0 Å². The molecule has 0 spiro atoms. The summed E-state index contributed by atoms with van der Waals surface area (Å²) in [6.45, 7) is 13.4. The van der Waals surface area contributed by atoms with Crippen LogP contribution in [0.3, 0.4) is 0 Å². The van der Waals surface area contributed by atoms with E-state index in [1.807, 2.05) is 0 Å². The molecule has 3 nitrogen and oxygen atoms in total. The van der Waals surface area contributed by atoms with E-state index in [2.05, 4.69) is 56.1 Å². The van der Waals surface area contributed by atoms with E-state index in [1.165, 1.54) is 31.6 Å². The van der Waals surface area contributed by atoms with Crippen molar-refractivity contribution in [2.75, 3.05) is 13.1 Å². The molecule has 1 fully saturated rings. The van der Waals surface area contributed by atoms with Gasteiger partial charge in [0.15, 0.2) is 0 Å². The molecule has 0 saturated carbocycles. The molecular formula is C18H31N3. The van der Waals surface area contributed by atoms with Crippen LogP contribution in [0.2, 0.25) is 0 Å². The standard InChI is InChI=1S/C18H31N3/c1-14(2)16-8-10-21(11-9-16)13-18-7-5-6-17(20-18)12-19-15(3)4/h5-7,14-16,19H,8-13H2,1-4H3. The molecule has 1 aromatic heterocycles. The van der Waals surface area contributed by atoms with E-state index < -0.39 is 0 Å². The molecule has 0 bridgehead atoms. The molecule has 0 amide bonds. The van der Waals surface area contributed by atoms with Gasteiger partial charge in [-0.05, 0) is 49.9 Å². The molecule has 2 heterocycles. The van der Waals surface area contributed by atoms with Gasteiger partial charge in [-0.2, -0.15) is 0 Å². The lowest BCUT2D eigenvalue weighted by molar-refractivity contribution is 0.150. The number of nitrogens with one attached hydrogen (secondary N) is 1. The van der Waals surface area contributed by atoms with Gasteiger partial charge < -0.3 is 5.32 Å². The molecule has 21 heavy (non-hydrogen) atoms. The van der Waals surface area contributed by atoms with Crippen LogP contribution < -0.4 is 5.32 Å². The Kier molecular flexibility index (Phi) is 6.19. The van der Waals surface area contributed by atoms with Gasteiger partial charge in [0.2, 0.25) is 0 Å². The van der Waals surface area contributed by atoms with Crippen molar-refractivity contribution in [2.24, 2.45) is 11.8 Å².